The van der Waals surface area contributed by atoms with E-state index in [-0.39, 0.29) is 12.3 Å². The smallest absolute Gasteiger partial charge is 0.211 e. The van der Waals surface area contributed by atoms with Crippen LogP contribution in [0.4, 0.5) is 8.78 Å². The fourth-order valence-corrected chi connectivity index (χ4v) is 0.590. The summed E-state index contributed by atoms with van der Waals surface area (Å²) in [7, 11) is 0. The number of hydrogen-bond acceptors (Lipinski definition) is 0. The summed E-state index contributed by atoms with van der Waals surface area (Å²) >= 11 is 10.6. The zero-order valence-electron chi connectivity index (χ0n) is 4.95. The Kier molecular flexibility index (Phi) is 4.50. The molecule has 0 aliphatic carbocycles. The number of alkyl halides is 4. The fraction of sp³-hybridized carbons (Fsp3) is 1.00. The lowest BCUT2D eigenvalue weighted by Gasteiger charge is -2.09. The van der Waals surface area contributed by atoms with E-state index in [1.54, 1.807) is 6.92 Å². The van der Waals surface area contributed by atoms with E-state index in [2.05, 4.69) is 0 Å². The summed E-state index contributed by atoms with van der Waals surface area (Å²) in [4.78, 5) is -0.681. The predicted molar refractivity (Wildman–Crippen MR) is 35.3 cm³/mol. The van der Waals surface area contributed by atoms with Crippen molar-refractivity contribution in [1.82, 2.24) is 0 Å². The Balaban J connectivity index is 3.38. The van der Waals surface area contributed by atoms with Crippen LogP contribution in [0.25, 0.3) is 0 Å². The third-order valence-electron chi connectivity index (χ3n) is 0.980. The summed E-state index contributed by atoms with van der Waals surface area (Å²) < 4.78 is 23.1. The average Bonchev–Trinajstić information content (AvgIpc) is 1.63. The molecule has 0 aromatic heterocycles. The van der Waals surface area contributed by atoms with Crippen molar-refractivity contribution in [3.8, 4) is 0 Å². The lowest BCUT2D eigenvalue weighted by molar-refractivity contribution is 0.120. The van der Waals surface area contributed by atoms with Crippen LogP contribution in [0.1, 0.15) is 13.3 Å². The van der Waals surface area contributed by atoms with E-state index in [4.69, 9.17) is 23.2 Å². The highest BCUT2D eigenvalue weighted by Gasteiger charge is 2.15. The Bertz CT molecular complexity index is 75.4. The number of rotatable bonds is 3. The first-order valence-electron chi connectivity index (χ1n) is 2.60. The SMILES string of the molecule is CC(CC(F)F)C(Cl)Cl. The van der Waals surface area contributed by atoms with Crippen molar-refractivity contribution in [3.05, 3.63) is 0 Å². The van der Waals surface area contributed by atoms with Crippen LogP contribution in [0, 0.1) is 5.92 Å². The van der Waals surface area contributed by atoms with Gasteiger partial charge in [-0.1, -0.05) is 6.92 Å². The van der Waals surface area contributed by atoms with Crippen LogP contribution in [-0.4, -0.2) is 11.3 Å². The van der Waals surface area contributed by atoms with Gasteiger partial charge in [-0.3, -0.25) is 0 Å². The van der Waals surface area contributed by atoms with Gasteiger partial charge in [-0.15, -0.1) is 23.2 Å². The molecular weight excluding hydrogens is 169 g/mol. The summed E-state index contributed by atoms with van der Waals surface area (Å²) in [6.45, 7) is 1.59. The third kappa shape index (κ3) is 4.91. The summed E-state index contributed by atoms with van der Waals surface area (Å²) in [5, 5.41) is 0. The fourth-order valence-electron chi connectivity index (χ4n) is 0.384. The van der Waals surface area contributed by atoms with Gasteiger partial charge in [-0.05, 0) is 5.92 Å². The molecule has 0 saturated carbocycles. The van der Waals surface area contributed by atoms with E-state index in [0.717, 1.165) is 0 Å². The molecule has 0 radical (unpaired) electrons. The maximum atomic E-state index is 11.5. The molecule has 0 aliphatic rings. The van der Waals surface area contributed by atoms with E-state index in [0.29, 0.717) is 0 Å². The van der Waals surface area contributed by atoms with Gasteiger partial charge < -0.3 is 0 Å². The van der Waals surface area contributed by atoms with Crippen molar-refractivity contribution < 1.29 is 8.78 Å². The van der Waals surface area contributed by atoms with Crippen LogP contribution in [0.2, 0.25) is 0 Å². The van der Waals surface area contributed by atoms with Gasteiger partial charge in [0.2, 0.25) is 6.43 Å². The van der Waals surface area contributed by atoms with Crippen LogP contribution >= 0.6 is 23.2 Å². The molecule has 4 heteroatoms. The van der Waals surface area contributed by atoms with E-state index in [9.17, 15) is 8.78 Å². The Morgan fingerprint density at radius 2 is 1.78 bits per heavy atom. The first kappa shape index (κ1) is 9.44. The Morgan fingerprint density at radius 1 is 1.33 bits per heavy atom. The molecule has 0 rings (SSSR count). The third-order valence-corrected chi connectivity index (χ3v) is 1.84. The number of halogens is 4. The van der Waals surface area contributed by atoms with Crippen molar-refractivity contribution in [1.29, 1.82) is 0 Å². The van der Waals surface area contributed by atoms with Crippen molar-refractivity contribution in [3.63, 3.8) is 0 Å². The predicted octanol–water partition coefficient (Wildman–Crippen LogP) is 3.08. The van der Waals surface area contributed by atoms with E-state index < -0.39 is 11.3 Å². The van der Waals surface area contributed by atoms with Crippen LogP contribution in [0.15, 0.2) is 0 Å². The second-order valence-corrected chi connectivity index (χ2v) is 3.10. The van der Waals surface area contributed by atoms with Crippen molar-refractivity contribution >= 4 is 23.2 Å². The van der Waals surface area contributed by atoms with E-state index in [1.807, 2.05) is 0 Å². The molecule has 0 bridgehead atoms. The standard InChI is InChI=1S/C5H8Cl2F2/c1-3(5(6)7)2-4(8)9/h3-5H,2H2,1H3. The quantitative estimate of drug-likeness (QED) is 0.581. The largest absolute Gasteiger partial charge is 0.239 e. The molecule has 0 aromatic rings. The minimum absolute atomic E-state index is 0.225. The van der Waals surface area contributed by atoms with Crippen molar-refractivity contribution in [2.24, 2.45) is 5.92 Å². The molecule has 1 unspecified atom stereocenters. The molecule has 0 aliphatic heterocycles. The molecule has 0 spiro atoms. The Labute approximate surface area is 63.1 Å². The Hall–Kier alpha value is 0.440. The summed E-state index contributed by atoms with van der Waals surface area (Å²) in [6, 6.07) is 0. The molecular formula is C5H8Cl2F2. The monoisotopic (exact) mass is 176 g/mol. The van der Waals surface area contributed by atoms with Gasteiger partial charge in [0, 0.05) is 6.42 Å². The summed E-state index contributed by atoms with van der Waals surface area (Å²) in [5.74, 6) is -0.326. The van der Waals surface area contributed by atoms with Gasteiger partial charge in [0.15, 0.2) is 0 Å². The van der Waals surface area contributed by atoms with Gasteiger partial charge >= 0.3 is 0 Å². The molecule has 0 aromatic carbocycles. The normalized spacial score (nSPS) is 15.0. The molecule has 0 heterocycles. The molecule has 1 atom stereocenters. The van der Waals surface area contributed by atoms with Gasteiger partial charge in [0.1, 0.15) is 4.84 Å². The molecule has 56 valence electrons. The van der Waals surface area contributed by atoms with Crippen LogP contribution in [0.3, 0.4) is 0 Å². The van der Waals surface area contributed by atoms with Gasteiger partial charge in [-0.25, -0.2) is 8.78 Å². The van der Waals surface area contributed by atoms with Crippen LogP contribution in [0.5, 0.6) is 0 Å². The zero-order chi connectivity index (χ0) is 7.44. The van der Waals surface area contributed by atoms with Crippen molar-refractivity contribution in [2.45, 2.75) is 24.6 Å². The molecule has 0 fully saturated rings. The molecule has 0 amide bonds. The summed E-state index contributed by atoms with van der Waals surface area (Å²) in [5.41, 5.74) is 0. The van der Waals surface area contributed by atoms with Crippen LogP contribution < -0.4 is 0 Å². The van der Waals surface area contributed by atoms with Gasteiger partial charge in [0.05, 0.1) is 0 Å². The molecule has 0 N–H and O–H groups in total. The van der Waals surface area contributed by atoms with Gasteiger partial charge in [-0.2, -0.15) is 0 Å². The topological polar surface area (TPSA) is 0 Å². The highest BCUT2D eigenvalue weighted by Crippen LogP contribution is 2.20. The molecule has 0 saturated heterocycles. The second kappa shape index (κ2) is 4.29. The highest BCUT2D eigenvalue weighted by molar-refractivity contribution is 6.44. The van der Waals surface area contributed by atoms with Gasteiger partial charge in [0.25, 0.3) is 0 Å². The zero-order valence-corrected chi connectivity index (χ0v) is 6.46. The minimum atomic E-state index is -2.31. The number of hydrogen-bond donors (Lipinski definition) is 0. The maximum Gasteiger partial charge on any atom is 0.239 e. The maximum absolute atomic E-state index is 11.5. The average molecular weight is 177 g/mol. The first-order chi connectivity index (χ1) is 4.04. The summed E-state index contributed by atoms with van der Waals surface area (Å²) in [6.07, 6.45) is -2.53. The first-order valence-corrected chi connectivity index (χ1v) is 3.47. The minimum Gasteiger partial charge on any atom is -0.211 e. The highest BCUT2D eigenvalue weighted by atomic mass is 35.5. The van der Waals surface area contributed by atoms with E-state index in [1.165, 1.54) is 0 Å². The second-order valence-electron chi connectivity index (χ2n) is 1.94. The molecule has 9 heavy (non-hydrogen) atoms. The van der Waals surface area contributed by atoms with E-state index >= 15 is 0 Å². The van der Waals surface area contributed by atoms with Crippen molar-refractivity contribution in [2.75, 3.05) is 0 Å². The lowest BCUT2D eigenvalue weighted by Crippen LogP contribution is -2.08. The van der Waals surface area contributed by atoms with Crippen LogP contribution in [-0.2, 0) is 0 Å². The molecule has 0 nitrogen and oxygen atoms in total. The Morgan fingerprint density at radius 3 is 1.89 bits per heavy atom. The lowest BCUT2D eigenvalue weighted by atomic mass is 10.1.